The molecule has 2 aromatic heterocycles. The second-order valence-electron chi connectivity index (χ2n) is 9.27. The van der Waals surface area contributed by atoms with Gasteiger partial charge in [-0.3, -0.25) is 9.78 Å². The number of likely N-dealkylation sites (tertiary alicyclic amines) is 1. The fourth-order valence-corrected chi connectivity index (χ4v) is 5.94. The van der Waals surface area contributed by atoms with Crippen LogP contribution in [0.4, 0.5) is 5.69 Å². The molecule has 3 aromatic rings. The molecule has 5 rings (SSSR count). The van der Waals surface area contributed by atoms with Crippen molar-refractivity contribution in [2.45, 2.75) is 31.0 Å². The number of primary amides is 1. The van der Waals surface area contributed by atoms with Crippen molar-refractivity contribution >= 4 is 23.4 Å². The van der Waals surface area contributed by atoms with Gasteiger partial charge in [-0.05, 0) is 56.5 Å². The van der Waals surface area contributed by atoms with Crippen LogP contribution in [0.2, 0.25) is 0 Å². The van der Waals surface area contributed by atoms with Crippen LogP contribution in [0.1, 0.15) is 28.9 Å². The summed E-state index contributed by atoms with van der Waals surface area (Å²) in [4.78, 5) is 20.6. The number of anilines is 1. The minimum atomic E-state index is -0.537. The molecule has 1 aromatic carbocycles. The first kappa shape index (κ1) is 22.9. The van der Waals surface area contributed by atoms with E-state index in [9.17, 15) is 4.79 Å². The highest BCUT2D eigenvalue weighted by Gasteiger charge is 2.40. The van der Waals surface area contributed by atoms with Crippen molar-refractivity contribution in [2.75, 3.05) is 36.8 Å². The number of rotatable bonds is 8. The molecule has 0 aliphatic carbocycles. The van der Waals surface area contributed by atoms with E-state index in [1.54, 1.807) is 30.1 Å². The minimum Gasteiger partial charge on any atom is -0.367 e. The van der Waals surface area contributed by atoms with Gasteiger partial charge in [0.05, 0.1) is 0 Å². The molecule has 0 saturated carbocycles. The topological polar surface area (TPSA) is 93.2 Å². The fourth-order valence-electron chi connectivity index (χ4n) is 5.10. The van der Waals surface area contributed by atoms with Crippen LogP contribution < -0.4 is 10.6 Å². The van der Waals surface area contributed by atoms with Gasteiger partial charge in [0.25, 0.3) is 5.91 Å². The third-order valence-electron chi connectivity index (χ3n) is 6.95. The summed E-state index contributed by atoms with van der Waals surface area (Å²) in [6, 6.07) is 13.0. The van der Waals surface area contributed by atoms with Crippen LogP contribution in [0.25, 0.3) is 11.4 Å². The fraction of sp³-hybridized carbons (Fsp3) is 0.440. The summed E-state index contributed by atoms with van der Waals surface area (Å²) < 4.78 is 1.98. The standard InChI is InChI=1S/C25H31N7OS/c1-17-4-7-20(8-5-17)32-12-10-19-15-31(16-22(19)32)11-3-13-34-25-29-28-24(30(25)2)18-6-9-21(23(26)33)27-14-18/h4-9,14,19,22H,3,10-13,15-16H2,1-2H3,(H2,26,33)/t19-,22+/m0/s1. The number of aryl methyl sites for hydroxylation is 1. The van der Waals surface area contributed by atoms with E-state index >= 15 is 0 Å². The summed E-state index contributed by atoms with van der Waals surface area (Å²) in [5.41, 5.74) is 9.01. The van der Waals surface area contributed by atoms with Gasteiger partial charge < -0.3 is 20.1 Å². The molecule has 0 bridgehead atoms. The van der Waals surface area contributed by atoms with Crippen LogP contribution in [0.15, 0.2) is 47.8 Å². The Labute approximate surface area is 204 Å². The second-order valence-corrected chi connectivity index (χ2v) is 10.3. The molecule has 1 amide bonds. The van der Waals surface area contributed by atoms with Crippen molar-refractivity contribution < 1.29 is 4.79 Å². The van der Waals surface area contributed by atoms with Gasteiger partial charge in [0.2, 0.25) is 0 Å². The maximum atomic E-state index is 11.2. The zero-order chi connectivity index (χ0) is 23.7. The maximum Gasteiger partial charge on any atom is 0.267 e. The molecular weight excluding hydrogens is 446 g/mol. The molecule has 8 nitrogen and oxygen atoms in total. The quantitative estimate of drug-likeness (QED) is 0.394. The molecule has 178 valence electrons. The molecule has 0 spiro atoms. The third-order valence-corrected chi connectivity index (χ3v) is 8.05. The highest BCUT2D eigenvalue weighted by atomic mass is 32.2. The van der Waals surface area contributed by atoms with Crippen LogP contribution in [0.3, 0.4) is 0 Å². The molecule has 2 saturated heterocycles. The number of carbonyl (C=O) groups excluding carboxylic acids is 1. The Balaban J connectivity index is 1.11. The molecule has 4 heterocycles. The van der Waals surface area contributed by atoms with E-state index in [0.717, 1.165) is 47.7 Å². The number of aromatic nitrogens is 4. The number of nitrogens with zero attached hydrogens (tertiary/aromatic N) is 6. The number of nitrogens with two attached hydrogens (primary N) is 1. The number of benzene rings is 1. The van der Waals surface area contributed by atoms with Gasteiger partial charge in [-0.25, -0.2) is 0 Å². The largest absolute Gasteiger partial charge is 0.367 e. The molecule has 2 fully saturated rings. The first-order valence-corrected chi connectivity index (χ1v) is 12.8. The Hall–Kier alpha value is -2.91. The van der Waals surface area contributed by atoms with Crippen LogP contribution in [-0.4, -0.2) is 68.5 Å². The van der Waals surface area contributed by atoms with Gasteiger partial charge in [0.15, 0.2) is 11.0 Å². The third kappa shape index (κ3) is 4.67. The molecule has 34 heavy (non-hydrogen) atoms. The van der Waals surface area contributed by atoms with Crippen LogP contribution in [-0.2, 0) is 7.05 Å². The predicted octanol–water partition coefficient (Wildman–Crippen LogP) is 2.98. The zero-order valence-corrected chi connectivity index (χ0v) is 20.5. The van der Waals surface area contributed by atoms with E-state index in [-0.39, 0.29) is 5.69 Å². The van der Waals surface area contributed by atoms with Gasteiger partial charge in [0.1, 0.15) is 5.69 Å². The highest BCUT2D eigenvalue weighted by molar-refractivity contribution is 7.99. The normalized spacial score (nSPS) is 20.1. The maximum absolute atomic E-state index is 11.2. The Bertz CT molecular complexity index is 1150. The number of hydrogen-bond donors (Lipinski definition) is 1. The number of amides is 1. The lowest BCUT2D eigenvalue weighted by Gasteiger charge is -2.27. The zero-order valence-electron chi connectivity index (χ0n) is 19.7. The molecule has 0 unspecified atom stereocenters. The molecule has 2 atom stereocenters. The first-order chi connectivity index (χ1) is 16.5. The Morgan fingerprint density at radius 1 is 1.15 bits per heavy atom. The van der Waals surface area contributed by atoms with Crippen molar-refractivity contribution in [2.24, 2.45) is 18.7 Å². The number of hydrogen-bond acceptors (Lipinski definition) is 7. The number of pyridine rings is 1. The number of thioether (sulfide) groups is 1. The van der Waals surface area contributed by atoms with Crippen molar-refractivity contribution in [3.63, 3.8) is 0 Å². The number of carbonyl (C=O) groups is 1. The molecule has 2 N–H and O–H groups in total. The molecular formula is C25H31N7OS. The van der Waals surface area contributed by atoms with Crippen molar-refractivity contribution in [3.05, 3.63) is 53.9 Å². The van der Waals surface area contributed by atoms with Crippen molar-refractivity contribution in [1.82, 2.24) is 24.6 Å². The summed E-state index contributed by atoms with van der Waals surface area (Å²) in [6.07, 6.45) is 4.02. The molecule has 2 aliphatic heterocycles. The molecule has 9 heteroatoms. The van der Waals surface area contributed by atoms with E-state index in [4.69, 9.17) is 5.73 Å². The first-order valence-electron chi connectivity index (χ1n) is 11.8. The van der Waals surface area contributed by atoms with Crippen molar-refractivity contribution in [3.8, 4) is 11.4 Å². The predicted molar refractivity (Wildman–Crippen MR) is 135 cm³/mol. The lowest BCUT2D eigenvalue weighted by Crippen LogP contribution is -2.35. The Morgan fingerprint density at radius 3 is 2.71 bits per heavy atom. The van der Waals surface area contributed by atoms with Gasteiger partial charge in [0, 0.05) is 55.9 Å². The van der Waals surface area contributed by atoms with E-state index in [1.165, 1.54) is 30.8 Å². The summed E-state index contributed by atoms with van der Waals surface area (Å²) in [5, 5.41) is 9.56. The summed E-state index contributed by atoms with van der Waals surface area (Å²) in [6.45, 7) is 6.81. The smallest absolute Gasteiger partial charge is 0.267 e. The summed E-state index contributed by atoms with van der Waals surface area (Å²) in [5.74, 6) is 1.97. The molecule has 0 radical (unpaired) electrons. The Morgan fingerprint density at radius 2 is 1.97 bits per heavy atom. The minimum absolute atomic E-state index is 0.244. The van der Waals surface area contributed by atoms with E-state index in [2.05, 4.69) is 56.2 Å². The summed E-state index contributed by atoms with van der Waals surface area (Å²) >= 11 is 1.73. The highest BCUT2D eigenvalue weighted by Crippen LogP contribution is 2.35. The van der Waals surface area contributed by atoms with E-state index in [0.29, 0.717) is 6.04 Å². The van der Waals surface area contributed by atoms with Gasteiger partial charge in [-0.1, -0.05) is 29.5 Å². The lowest BCUT2D eigenvalue weighted by molar-refractivity contribution is 0.0995. The van der Waals surface area contributed by atoms with E-state index < -0.39 is 5.91 Å². The lowest BCUT2D eigenvalue weighted by atomic mass is 10.0. The SMILES string of the molecule is Cc1ccc(N2CC[C@H]3CN(CCCSc4nnc(-c5ccc(C(N)=O)nc5)n4C)C[C@H]32)cc1. The van der Waals surface area contributed by atoms with Gasteiger partial charge in [-0.15, -0.1) is 10.2 Å². The van der Waals surface area contributed by atoms with Gasteiger partial charge in [-0.2, -0.15) is 0 Å². The number of fused-ring (bicyclic) bond motifs is 1. The van der Waals surface area contributed by atoms with Gasteiger partial charge >= 0.3 is 0 Å². The average molecular weight is 478 g/mol. The van der Waals surface area contributed by atoms with Crippen LogP contribution >= 0.6 is 11.8 Å². The van der Waals surface area contributed by atoms with E-state index in [1.807, 2.05) is 11.6 Å². The second kappa shape index (κ2) is 9.76. The average Bonchev–Trinajstić information content (AvgIpc) is 3.52. The van der Waals surface area contributed by atoms with Crippen LogP contribution in [0, 0.1) is 12.8 Å². The van der Waals surface area contributed by atoms with Crippen LogP contribution in [0.5, 0.6) is 0 Å². The van der Waals surface area contributed by atoms with Crippen molar-refractivity contribution in [1.29, 1.82) is 0 Å². The Kier molecular flexibility index (Phi) is 6.56. The monoisotopic (exact) mass is 477 g/mol. The summed E-state index contributed by atoms with van der Waals surface area (Å²) in [7, 11) is 1.96. The molecule has 2 aliphatic rings.